The third-order valence-corrected chi connectivity index (χ3v) is 6.68. The summed E-state index contributed by atoms with van der Waals surface area (Å²) in [6.07, 6.45) is 5.25. The number of aliphatic imine (C=N–C) groups is 1. The van der Waals surface area contributed by atoms with Crippen LogP contribution in [0.1, 0.15) is 82.9 Å². The predicted molar refractivity (Wildman–Crippen MR) is 148 cm³/mol. The number of carboxylic acids is 1. The van der Waals surface area contributed by atoms with E-state index in [0.29, 0.717) is 30.3 Å². The summed E-state index contributed by atoms with van der Waals surface area (Å²) in [6.45, 7) is 8.17. The van der Waals surface area contributed by atoms with Gasteiger partial charge >= 0.3 is 5.97 Å². The minimum Gasteiger partial charge on any atom is -0.491 e. The summed E-state index contributed by atoms with van der Waals surface area (Å²) in [5, 5.41) is 9.35. The summed E-state index contributed by atoms with van der Waals surface area (Å²) in [6, 6.07) is 13.9. The lowest BCUT2D eigenvalue weighted by Gasteiger charge is -2.20. The van der Waals surface area contributed by atoms with Crippen molar-refractivity contribution in [2.45, 2.75) is 57.8 Å². The van der Waals surface area contributed by atoms with Crippen LogP contribution < -0.4 is 10.5 Å². The van der Waals surface area contributed by atoms with E-state index in [4.69, 9.17) is 15.2 Å². The van der Waals surface area contributed by atoms with Crippen LogP contribution in [0.2, 0.25) is 0 Å². The second-order valence-electron chi connectivity index (χ2n) is 9.76. The molecule has 0 amide bonds. The lowest BCUT2D eigenvalue weighted by atomic mass is 9.98. The number of aromatic nitrogens is 2. The normalized spacial score (nSPS) is 17.4. The number of nitrogens with two attached hydrogens (primary N) is 1. The zero-order chi connectivity index (χ0) is 27.9. The molecule has 0 aliphatic carbocycles. The van der Waals surface area contributed by atoms with Gasteiger partial charge in [-0.15, -0.1) is 0 Å². The van der Waals surface area contributed by atoms with Crippen LogP contribution in [0.15, 0.2) is 72.6 Å². The van der Waals surface area contributed by atoms with Gasteiger partial charge in [0.2, 0.25) is 0 Å². The summed E-state index contributed by atoms with van der Waals surface area (Å²) in [5.74, 6) is -0.111. The third kappa shape index (κ3) is 6.61. The first kappa shape index (κ1) is 27.8. The van der Waals surface area contributed by atoms with Crippen LogP contribution in [0.5, 0.6) is 5.75 Å². The maximum absolute atomic E-state index is 12.7. The predicted octanol–water partition coefficient (Wildman–Crippen LogP) is 5.13. The van der Waals surface area contributed by atoms with Gasteiger partial charge in [0, 0.05) is 18.2 Å². The number of carbonyl (C=O) groups excluding carboxylic acids is 1. The van der Waals surface area contributed by atoms with Gasteiger partial charge < -0.3 is 24.9 Å². The van der Waals surface area contributed by atoms with Crippen molar-refractivity contribution in [1.29, 1.82) is 0 Å². The fourth-order valence-corrected chi connectivity index (χ4v) is 4.83. The van der Waals surface area contributed by atoms with Crippen LogP contribution in [0.4, 0.5) is 0 Å². The minimum absolute atomic E-state index is 0.0234. The molecular weight excluding hydrogens is 496 g/mol. The monoisotopic (exact) mass is 530 g/mol. The Morgan fingerprint density at radius 2 is 2.00 bits per heavy atom. The molecule has 2 heterocycles. The molecule has 9 nitrogen and oxygen atoms in total. The first-order chi connectivity index (χ1) is 18.8. The molecule has 2 aromatic carbocycles. The highest BCUT2D eigenvalue weighted by Gasteiger charge is 2.30. The standard InChI is InChI=1S/C30H34N4O5/c1-4-32-29(31)27-28(19(2)3)34(18-33-27)26-15-13-22(39-26)17-38-21-9-7-8-20(16-21)12-14-25(35)23-10-5-6-11-24(23)30(36)37/h4-11,16,18-19,22,26H,1,12-15,17H2,2-3H3,(H2,31,32)(H,36,37)/t22-,26?/m0/s1. The largest absolute Gasteiger partial charge is 0.491 e. The molecule has 9 heteroatoms. The lowest BCUT2D eigenvalue weighted by molar-refractivity contribution is -0.0191. The number of hydrogen-bond donors (Lipinski definition) is 2. The second-order valence-corrected chi connectivity index (χ2v) is 9.76. The van der Waals surface area contributed by atoms with Gasteiger partial charge in [0.15, 0.2) is 11.6 Å². The zero-order valence-electron chi connectivity index (χ0n) is 22.2. The molecule has 0 bridgehead atoms. The quantitative estimate of drug-likeness (QED) is 0.189. The van der Waals surface area contributed by atoms with Crippen molar-refractivity contribution in [3.05, 3.63) is 95.7 Å². The average Bonchev–Trinajstić information content (AvgIpc) is 3.58. The summed E-state index contributed by atoms with van der Waals surface area (Å²) in [5.41, 5.74) is 8.90. The van der Waals surface area contributed by atoms with Crippen LogP contribution in [0.25, 0.3) is 0 Å². The van der Waals surface area contributed by atoms with Gasteiger partial charge in [-0.25, -0.2) is 14.8 Å². The Morgan fingerprint density at radius 1 is 1.23 bits per heavy atom. The molecule has 1 fully saturated rings. The second kappa shape index (κ2) is 12.5. The number of aryl methyl sites for hydroxylation is 1. The molecule has 0 radical (unpaired) electrons. The van der Waals surface area contributed by atoms with Crippen LogP contribution in [0, 0.1) is 0 Å². The number of ether oxygens (including phenoxy) is 2. The highest BCUT2D eigenvalue weighted by molar-refractivity contribution is 6.05. The van der Waals surface area contributed by atoms with E-state index >= 15 is 0 Å². The summed E-state index contributed by atoms with van der Waals surface area (Å²) < 4.78 is 14.4. The lowest BCUT2D eigenvalue weighted by Crippen LogP contribution is -2.21. The van der Waals surface area contributed by atoms with Gasteiger partial charge in [0.25, 0.3) is 0 Å². The average molecular weight is 531 g/mol. The SMILES string of the molecule is C=CN=C(N)c1ncn(C2CC[C@@H](COc3cccc(CCC(=O)c4ccccc4C(=O)O)c3)O2)c1C(C)C. The first-order valence-electron chi connectivity index (χ1n) is 13.0. The van der Waals surface area contributed by atoms with Crippen molar-refractivity contribution in [3.8, 4) is 5.75 Å². The maximum Gasteiger partial charge on any atom is 0.336 e. The molecule has 1 saturated heterocycles. The number of aromatic carboxylic acids is 1. The fraction of sp³-hybridized carbons (Fsp3) is 0.333. The molecule has 0 spiro atoms. The van der Waals surface area contributed by atoms with Gasteiger partial charge in [-0.3, -0.25) is 4.79 Å². The maximum atomic E-state index is 12.7. The van der Waals surface area contributed by atoms with Crippen molar-refractivity contribution in [3.63, 3.8) is 0 Å². The van der Waals surface area contributed by atoms with Crippen LogP contribution in [0.3, 0.4) is 0 Å². The van der Waals surface area contributed by atoms with Crippen molar-refractivity contribution in [1.82, 2.24) is 9.55 Å². The van der Waals surface area contributed by atoms with Crippen LogP contribution >= 0.6 is 0 Å². The highest BCUT2D eigenvalue weighted by atomic mass is 16.6. The Balaban J connectivity index is 1.34. The Labute approximate surface area is 228 Å². The molecule has 1 unspecified atom stereocenters. The van der Waals surface area contributed by atoms with E-state index in [-0.39, 0.29) is 41.6 Å². The molecule has 3 aromatic rings. The molecular formula is C30H34N4O5. The number of imidazole rings is 1. The number of hydrogen-bond acceptors (Lipinski definition) is 6. The van der Waals surface area contributed by atoms with E-state index in [2.05, 4.69) is 30.4 Å². The zero-order valence-corrected chi connectivity index (χ0v) is 22.2. The molecule has 204 valence electrons. The van der Waals surface area contributed by atoms with E-state index in [1.165, 1.54) is 12.3 Å². The van der Waals surface area contributed by atoms with Crippen molar-refractivity contribution < 1.29 is 24.2 Å². The molecule has 39 heavy (non-hydrogen) atoms. The van der Waals surface area contributed by atoms with Gasteiger partial charge in [0.1, 0.15) is 24.3 Å². The summed E-state index contributed by atoms with van der Waals surface area (Å²) in [4.78, 5) is 32.7. The number of nitrogens with zero attached hydrogens (tertiary/aromatic N) is 3. The molecule has 4 rings (SSSR count). The topological polar surface area (TPSA) is 129 Å². The first-order valence-corrected chi connectivity index (χ1v) is 13.0. The van der Waals surface area contributed by atoms with Crippen LogP contribution in [-0.4, -0.2) is 45.0 Å². The number of ketones is 1. The van der Waals surface area contributed by atoms with E-state index < -0.39 is 5.97 Å². The Morgan fingerprint density at radius 3 is 2.72 bits per heavy atom. The van der Waals surface area contributed by atoms with Crippen molar-refractivity contribution in [2.75, 3.05) is 6.61 Å². The number of amidine groups is 1. The molecule has 3 N–H and O–H groups in total. The van der Waals surface area contributed by atoms with Gasteiger partial charge in [-0.2, -0.15) is 0 Å². The van der Waals surface area contributed by atoms with Crippen LogP contribution in [-0.2, 0) is 11.2 Å². The number of rotatable bonds is 12. The molecule has 1 aliphatic heterocycles. The van der Waals surface area contributed by atoms with E-state index in [0.717, 1.165) is 24.1 Å². The van der Waals surface area contributed by atoms with Gasteiger partial charge in [-0.05, 0) is 48.9 Å². The molecule has 1 aromatic heterocycles. The third-order valence-electron chi connectivity index (χ3n) is 6.68. The molecule has 1 aliphatic rings. The highest BCUT2D eigenvalue weighted by Crippen LogP contribution is 2.33. The van der Waals surface area contributed by atoms with Crippen molar-refractivity contribution >= 4 is 17.6 Å². The number of Topliss-reactive ketones (excluding diaryl/α,β-unsaturated/α-hetero) is 1. The summed E-state index contributed by atoms with van der Waals surface area (Å²) >= 11 is 0. The summed E-state index contributed by atoms with van der Waals surface area (Å²) in [7, 11) is 0. The number of carboxylic acid groups (broad SMARTS) is 1. The van der Waals surface area contributed by atoms with Gasteiger partial charge in [-0.1, -0.05) is 50.8 Å². The van der Waals surface area contributed by atoms with E-state index in [1.54, 1.807) is 24.5 Å². The number of benzene rings is 2. The van der Waals surface area contributed by atoms with E-state index in [9.17, 15) is 14.7 Å². The van der Waals surface area contributed by atoms with Crippen molar-refractivity contribution in [2.24, 2.45) is 10.7 Å². The Bertz CT molecular complexity index is 1380. The smallest absolute Gasteiger partial charge is 0.336 e. The van der Waals surface area contributed by atoms with E-state index in [1.807, 2.05) is 28.8 Å². The Kier molecular flexibility index (Phi) is 8.93. The minimum atomic E-state index is -1.11. The fourth-order valence-electron chi connectivity index (χ4n) is 4.83. The Hall–Kier alpha value is -4.24. The molecule has 0 saturated carbocycles. The van der Waals surface area contributed by atoms with Gasteiger partial charge in [0.05, 0.1) is 23.7 Å². The number of carbonyl (C=O) groups is 2. The molecule has 2 atom stereocenters.